The second-order valence-electron chi connectivity index (χ2n) is 3.90. The molecular formula is C11H16N2O2. The van der Waals surface area contributed by atoms with Gasteiger partial charge in [0.1, 0.15) is 0 Å². The Bertz CT molecular complexity index is 302. The molecule has 1 aromatic rings. The minimum atomic E-state index is -0.357. The first kappa shape index (κ1) is 10.1. The van der Waals surface area contributed by atoms with Crippen molar-refractivity contribution < 1.29 is 9.53 Å². The Morgan fingerprint density at radius 1 is 1.40 bits per heavy atom. The molecule has 1 saturated carbocycles. The van der Waals surface area contributed by atoms with Gasteiger partial charge in [0, 0.05) is 18.3 Å². The highest BCUT2D eigenvalue weighted by atomic mass is 16.6. The van der Waals surface area contributed by atoms with E-state index in [0.29, 0.717) is 11.9 Å². The molecule has 2 rings (SSSR count). The first-order chi connectivity index (χ1) is 7.34. The Morgan fingerprint density at radius 2 is 2.20 bits per heavy atom. The Labute approximate surface area is 89.0 Å². The van der Waals surface area contributed by atoms with Crippen LogP contribution in [0.3, 0.4) is 0 Å². The molecule has 15 heavy (non-hydrogen) atoms. The number of H-pyrrole nitrogens is 1. The van der Waals surface area contributed by atoms with E-state index in [1.165, 1.54) is 19.3 Å². The van der Waals surface area contributed by atoms with E-state index >= 15 is 0 Å². The van der Waals surface area contributed by atoms with Crippen molar-refractivity contribution in [2.75, 3.05) is 0 Å². The van der Waals surface area contributed by atoms with E-state index in [2.05, 4.69) is 10.3 Å². The number of amides is 1. The molecular weight excluding hydrogens is 192 g/mol. The van der Waals surface area contributed by atoms with Crippen molar-refractivity contribution in [2.24, 2.45) is 0 Å². The Kier molecular flexibility index (Phi) is 3.27. The number of hydrogen-bond acceptors (Lipinski definition) is 2. The lowest BCUT2D eigenvalue weighted by molar-refractivity contribution is 0.190. The summed E-state index contributed by atoms with van der Waals surface area (Å²) in [7, 11) is 0. The van der Waals surface area contributed by atoms with Crippen molar-refractivity contribution in [3.8, 4) is 5.88 Å². The average Bonchev–Trinajstić information content (AvgIpc) is 2.71. The van der Waals surface area contributed by atoms with E-state index in [-0.39, 0.29) is 6.09 Å². The van der Waals surface area contributed by atoms with Crippen molar-refractivity contribution in [3.63, 3.8) is 0 Å². The third kappa shape index (κ3) is 3.01. The predicted octanol–water partition coefficient (Wildman–Crippen LogP) is 2.44. The molecule has 0 saturated heterocycles. The van der Waals surface area contributed by atoms with Gasteiger partial charge in [-0.25, -0.2) is 4.79 Å². The van der Waals surface area contributed by atoms with Gasteiger partial charge in [-0.3, -0.25) is 0 Å². The molecule has 1 aliphatic rings. The fourth-order valence-corrected chi connectivity index (χ4v) is 1.92. The molecule has 0 aromatic carbocycles. The lowest BCUT2D eigenvalue weighted by atomic mass is 9.96. The molecule has 1 aliphatic carbocycles. The zero-order chi connectivity index (χ0) is 10.5. The summed E-state index contributed by atoms with van der Waals surface area (Å²) >= 11 is 0. The van der Waals surface area contributed by atoms with Crippen molar-refractivity contribution >= 4 is 6.09 Å². The molecule has 0 atom stereocenters. The summed E-state index contributed by atoms with van der Waals surface area (Å²) < 4.78 is 5.05. The van der Waals surface area contributed by atoms with Crippen LogP contribution >= 0.6 is 0 Å². The molecule has 0 unspecified atom stereocenters. The SMILES string of the molecule is O=C(NC1CCCCC1)Oc1ccc[nH]1. The smallest absolute Gasteiger partial charge is 0.393 e. The summed E-state index contributed by atoms with van der Waals surface area (Å²) in [5, 5.41) is 2.88. The summed E-state index contributed by atoms with van der Waals surface area (Å²) in [6.45, 7) is 0. The van der Waals surface area contributed by atoms with E-state index in [0.717, 1.165) is 12.8 Å². The zero-order valence-electron chi connectivity index (χ0n) is 8.66. The van der Waals surface area contributed by atoms with Gasteiger partial charge < -0.3 is 15.0 Å². The van der Waals surface area contributed by atoms with Gasteiger partial charge in [-0.1, -0.05) is 19.3 Å². The molecule has 2 N–H and O–H groups in total. The molecule has 4 nitrogen and oxygen atoms in total. The lowest BCUT2D eigenvalue weighted by Crippen LogP contribution is -2.38. The van der Waals surface area contributed by atoms with Crippen molar-refractivity contribution in [2.45, 2.75) is 38.1 Å². The maximum absolute atomic E-state index is 11.4. The highest BCUT2D eigenvalue weighted by molar-refractivity contribution is 5.70. The normalized spacial score (nSPS) is 17.3. The number of aromatic amines is 1. The van der Waals surface area contributed by atoms with Crippen LogP contribution in [0.25, 0.3) is 0 Å². The van der Waals surface area contributed by atoms with Gasteiger partial charge in [-0.2, -0.15) is 0 Å². The topological polar surface area (TPSA) is 54.1 Å². The van der Waals surface area contributed by atoms with E-state index in [9.17, 15) is 4.79 Å². The number of aromatic nitrogens is 1. The van der Waals surface area contributed by atoms with Gasteiger partial charge in [-0.05, 0) is 18.9 Å². The monoisotopic (exact) mass is 208 g/mol. The van der Waals surface area contributed by atoms with E-state index in [1.54, 1.807) is 18.3 Å². The van der Waals surface area contributed by atoms with Gasteiger partial charge in [0.25, 0.3) is 0 Å². The van der Waals surface area contributed by atoms with Gasteiger partial charge in [0.15, 0.2) is 0 Å². The van der Waals surface area contributed by atoms with Gasteiger partial charge >= 0.3 is 6.09 Å². The first-order valence-corrected chi connectivity index (χ1v) is 5.46. The summed E-state index contributed by atoms with van der Waals surface area (Å²) in [6, 6.07) is 3.81. The molecule has 0 radical (unpaired) electrons. The molecule has 1 heterocycles. The minimum Gasteiger partial charge on any atom is -0.393 e. The van der Waals surface area contributed by atoms with Crippen LogP contribution in [-0.2, 0) is 0 Å². The molecule has 0 aliphatic heterocycles. The van der Waals surface area contributed by atoms with Gasteiger partial charge in [-0.15, -0.1) is 0 Å². The minimum absolute atomic E-state index is 0.293. The van der Waals surface area contributed by atoms with Crippen molar-refractivity contribution in [1.82, 2.24) is 10.3 Å². The highest BCUT2D eigenvalue weighted by Crippen LogP contribution is 2.17. The fraction of sp³-hybridized carbons (Fsp3) is 0.545. The maximum atomic E-state index is 11.4. The standard InChI is InChI=1S/C11H16N2O2/c14-11(15-10-7-4-8-12-10)13-9-5-2-1-3-6-9/h4,7-9,12H,1-3,5-6H2,(H,13,14). The second-order valence-corrected chi connectivity index (χ2v) is 3.90. The fourth-order valence-electron chi connectivity index (χ4n) is 1.92. The van der Waals surface area contributed by atoms with Crippen molar-refractivity contribution in [1.29, 1.82) is 0 Å². The molecule has 82 valence electrons. The van der Waals surface area contributed by atoms with Crippen LogP contribution in [0.4, 0.5) is 4.79 Å². The maximum Gasteiger partial charge on any atom is 0.414 e. The van der Waals surface area contributed by atoms with Gasteiger partial charge in [0.2, 0.25) is 5.88 Å². The first-order valence-electron chi connectivity index (χ1n) is 5.46. The Hall–Kier alpha value is -1.45. The van der Waals surface area contributed by atoms with Crippen LogP contribution in [-0.4, -0.2) is 17.1 Å². The van der Waals surface area contributed by atoms with Crippen LogP contribution in [0.2, 0.25) is 0 Å². The quantitative estimate of drug-likeness (QED) is 0.784. The van der Waals surface area contributed by atoms with Crippen LogP contribution in [0.5, 0.6) is 5.88 Å². The Balaban J connectivity index is 1.76. The molecule has 0 bridgehead atoms. The summed E-state index contributed by atoms with van der Waals surface area (Å²) in [6.07, 6.45) is 7.19. The number of nitrogens with one attached hydrogen (secondary N) is 2. The summed E-state index contributed by atoms with van der Waals surface area (Å²) in [5.74, 6) is 0.489. The van der Waals surface area contributed by atoms with Crippen molar-refractivity contribution in [3.05, 3.63) is 18.3 Å². The van der Waals surface area contributed by atoms with Crippen LogP contribution < -0.4 is 10.1 Å². The third-order valence-corrected chi connectivity index (χ3v) is 2.70. The van der Waals surface area contributed by atoms with Crippen LogP contribution in [0, 0.1) is 0 Å². The predicted molar refractivity (Wildman–Crippen MR) is 56.8 cm³/mol. The summed E-state index contributed by atoms with van der Waals surface area (Å²) in [4.78, 5) is 14.2. The average molecular weight is 208 g/mol. The number of rotatable bonds is 2. The largest absolute Gasteiger partial charge is 0.414 e. The lowest BCUT2D eigenvalue weighted by Gasteiger charge is -2.21. The number of hydrogen-bond donors (Lipinski definition) is 2. The molecule has 1 aromatic heterocycles. The molecule has 1 fully saturated rings. The number of carbonyl (C=O) groups is 1. The number of carbonyl (C=O) groups excluding carboxylic acids is 1. The summed E-state index contributed by atoms with van der Waals surface area (Å²) in [5.41, 5.74) is 0. The molecule has 1 amide bonds. The number of ether oxygens (including phenoxy) is 1. The molecule has 0 spiro atoms. The highest BCUT2D eigenvalue weighted by Gasteiger charge is 2.16. The van der Waals surface area contributed by atoms with E-state index in [4.69, 9.17) is 4.74 Å². The van der Waals surface area contributed by atoms with Crippen LogP contribution in [0.1, 0.15) is 32.1 Å². The zero-order valence-corrected chi connectivity index (χ0v) is 8.66. The second kappa shape index (κ2) is 4.87. The van der Waals surface area contributed by atoms with Gasteiger partial charge in [0.05, 0.1) is 0 Å². The molecule has 4 heteroatoms. The van der Waals surface area contributed by atoms with E-state index < -0.39 is 0 Å². The van der Waals surface area contributed by atoms with Crippen LogP contribution in [0.15, 0.2) is 18.3 Å². The third-order valence-electron chi connectivity index (χ3n) is 2.70. The van der Waals surface area contributed by atoms with E-state index in [1.807, 2.05) is 0 Å². The Morgan fingerprint density at radius 3 is 2.87 bits per heavy atom.